The van der Waals surface area contributed by atoms with Crippen LogP contribution < -0.4 is 21.6 Å². The van der Waals surface area contributed by atoms with Crippen LogP contribution in [0.25, 0.3) is 5.69 Å². The maximum absolute atomic E-state index is 12.6. The maximum Gasteiger partial charge on any atom is 0.404 e. The zero-order valence-corrected chi connectivity index (χ0v) is 20.8. The van der Waals surface area contributed by atoms with Crippen molar-refractivity contribution in [2.45, 2.75) is 45.3 Å². The first-order valence-electron chi connectivity index (χ1n) is 12.5. The number of piperazine rings is 1. The molecule has 2 aliphatic rings. The molecule has 2 aromatic rings. The zero-order chi connectivity index (χ0) is 25.7. The molecule has 0 spiro atoms. The van der Waals surface area contributed by atoms with Crippen molar-refractivity contribution in [3.05, 3.63) is 52.6 Å². The van der Waals surface area contributed by atoms with Gasteiger partial charge in [-0.3, -0.25) is 14.8 Å². The fraction of sp³-hybridized carbons (Fsp3) is 0.520. The number of hydrogen-bond donors (Lipinski definition) is 4. The lowest BCUT2D eigenvalue weighted by atomic mass is 9.90. The van der Waals surface area contributed by atoms with Crippen LogP contribution in [0, 0.1) is 5.92 Å². The quantitative estimate of drug-likeness (QED) is 0.479. The second kappa shape index (κ2) is 11.5. The molecule has 36 heavy (non-hydrogen) atoms. The lowest BCUT2D eigenvalue weighted by molar-refractivity contribution is 0.147. The Labute approximate surface area is 210 Å². The van der Waals surface area contributed by atoms with Crippen LogP contribution in [0.15, 0.2) is 41.3 Å². The van der Waals surface area contributed by atoms with E-state index in [1.807, 2.05) is 38.1 Å². The average molecular weight is 498 g/mol. The van der Waals surface area contributed by atoms with E-state index in [2.05, 4.69) is 25.8 Å². The predicted molar refractivity (Wildman–Crippen MR) is 137 cm³/mol. The third kappa shape index (κ3) is 6.61. The van der Waals surface area contributed by atoms with Crippen LogP contribution in [0.3, 0.4) is 0 Å². The Bertz CT molecular complexity index is 1110. The summed E-state index contributed by atoms with van der Waals surface area (Å²) in [5.74, 6) is 0.590. The molecule has 0 bridgehead atoms. The van der Waals surface area contributed by atoms with Crippen molar-refractivity contribution in [3.63, 3.8) is 0 Å². The minimum atomic E-state index is -0.969. The van der Waals surface area contributed by atoms with E-state index in [-0.39, 0.29) is 23.9 Å². The Morgan fingerprint density at radius 2 is 1.89 bits per heavy atom. The van der Waals surface area contributed by atoms with E-state index in [9.17, 15) is 14.4 Å². The first kappa shape index (κ1) is 25.6. The van der Waals surface area contributed by atoms with Gasteiger partial charge in [0.2, 0.25) is 0 Å². The van der Waals surface area contributed by atoms with Gasteiger partial charge in [0.05, 0.1) is 5.69 Å². The van der Waals surface area contributed by atoms with Gasteiger partial charge in [-0.1, -0.05) is 12.1 Å². The van der Waals surface area contributed by atoms with Crippen molar-refractivity contribution >= 4 is 17.9 Å². The van der Waals surface area contributed by atoms with E-state index in [1.165, 1.54) is 4.57 Å². The Kier molecular flexibility index (Phi) is 8.21. The number of carboxylic acid groups (broad SMARTS) is 1. The summed E-state index contributed by atoms with van der Waals surface area (Å²) in [4.78, 5) is 44.1. The van der Waals surface area contributed by atoms with Gasteiger partial charge in [-0.05, 0) is 69.5 Å². The molecule has 3 amide bonds. The molecular formula is C25H35N7O4. The third-order valence-electron chi connectivity index (χ3n) is 7.01. The number of benzene rings is 1. The first-order valence-corrected chi connectivity index (χ1v) is 12.5. The van der Waals surface area contributed by atoms with Crippen molar-refractivity contribution in [1.29, 1.82) is 0 Å². The summed E-state index contributed by atoms with van der Waals surface area (Å²) < 4.78 is 1.45. The molecule has 4 N–H and O–H groups in total. The van der Waals surface area contributed by atoms with Gasteiger partial charge in [0.15, 0.2) is 0 Å². The van der Waals surface area contributed by atoms with Crippen LogP contribution in [-0.2, 0) is 6.54 Å². The molecule has 2 saturated heterocycles. The summed E-state index contributed by atoms with van der Waals surface area (Å²) >= 11 is 0. The summed E-state index contributed by atoms with van der Waals surface area (Å²) in [7, 11) is 0. The summed E-state index contributed by atoms with van der Waals surface area (Å²) in [6.45, 7) is 8.54. The Balaban J connectivity index is 1.31. The Morgan fingerprint density at radius 3 is 2.53 bits per heavy atom. The Hall–Kier alpha value is -3.44. The normalized spacial score (nSPS) is 20.1. The van der Waals surface area contributed by atoms with Gasteiger partial charge in [-0.15, -0.1) is 0 Å². The number of aromatic nitrogens is 2. The highest BCUT2D eigenvalue weighted by atomic mass is 16.4. The van der Waals surface area contributed by atoms with Gasteiger partial charge < -0.3 is 20.6 Å². The molecule has 2 aliphatic heterocycles. The minimum Gasteiger partial charge on any atom is -0.465 e. The number of nitrogens with one attached hydrogen (secondary N) is 3. The second-order valence-electron chi connectivity index (χ2n) is 9.71. The highest BCUT2D eigenvalue weighted by molar-refractivity contribution is 5.88. The largest absolute Gasteiger partial charge is 0.465 e. The number of carbonyl (C=O) groups excluding carboxylic acids is 1. The number of hydrogen-bond acceptors (Lipinski definition) is 6. The minimum absolute atomic E-state index is 0.0404. The van der Waals surface area contributed by atoms with E-state index >= 15 is 0 Å². The molecule has 1 aromatic heterocycles. The average Bonchev–Trinajstić information content (AvgIpc) is 2.85. The van der Waals surface area contributed by atoms with Crippen LogP contribution in [0.1, 0.15) is 32.3 Å². The number of rotatable bonds is 6. The molecule has 0 saturated carbocycles. The van der Waals surface area contributed by atoms with Gasteiger partial charge in [0.1, 0.15) is 5.82 Å². The molecule has 3 heterocycles. The van der Waals surface area contributed by atoms with Crippen LogP contribution >= 0.6 is 0 Å². The summed E-state index contributed by atoms with van der Waals surface area (Å²) in [5.41, 5.74) is 1.39. The molecule has 0 radical (unpaired) electrons. The van der Waals surface area contributed by atoms with Crippen LogP contribution in [0.2, 0.25) is 0 Å². The van der Waals surface area contributed by atoms with Gasteiger partial charge in [0.25, 0.3) is 0 Å². The summed E-state index contributed by atoms with van der Waals surface area (Å²) in [5, 5.41) is 17.5. The molecule has 4 rings (SSSR count). The molecule has 2 atom stereocenters. The second-order valence-corrected chi connectivity index (χ2v) is 9.71. The first-order chi connectivity index (χ1) is 17.3. The van der Waals surface area contributed by atoms with E-state index in [1.54, 1.807) is 17.2 Å². The van der Waals surface area contributed by atoms with Gasteiger partial charge >= 0.3 is 17.8 Å². The standard InChI is InChI=1S/C25H35N7O4/c1-17-15-31(14-10-26-17)23(33)28-22-9-13-32(24(34)29-22)21-5-3-19(4-6-21)16-30-11-7-20(8-12-30)18(2)27-25(35)36/h3-6,9,13,17-18,20,26-27H,7-8,10-12,14-16H2,1-2H3,(H,35,36)(H,28,29,33,34)/t17-,18?/m1/s1. The monoisotopic (exact) mass is 497 g/mol. The van der Waals surface area contributed by atoms with Crippen molar-refractivity contribution in [2.75, 3.05) is 38.0 Å². The molecule has 2 fully saturated rings. The lowest BCUT2D eigenvalue weighted by Gasteiger charge is -2.34. The Morgan fingerprint density at radius 1 is 1.17 bits per heavy atom. The molecule has 1 unspecified atom stereocenters. The van der Waals surface area contributed by atoms with Gasteiger partial charge in [0, 0.05) is 44.5 Å². The molecule has 1 aromatic carbocycles. The maximum atomic E-state index is 12.6. The van der Waals surface area contributed by atoms with Crippen molar-refractivity contribution in [1.82, 2.24) is 30.0 Å². The van der Waals surface area contributed by atoms with Crippen LogP contribution in [0.4, 0.5) is 15.4 Å². The highest BCUT2D eigenvalue weighted by Gasteiger charge is 2.25. The van der Waals surface area contributed by atoms with E-state index < -0.39 is 11.8 Å². The van der Waals surface area contributed by atoms with Crippen LogP contribution in [0.5, 0.6) is 0 Å². The van der Waals surface area contributed by atoms with Crippen LogP contribution in [-0.4, -0.2) is 81.4 Å². The van der Waals surface area contributed by atoms with Gasteiger partial charge in [-0.2, -0.15) is 4.98 Å². The fourth-order valence-corrected chi connectivity index (χ4v) is 4.92. The molecule has 194 valence electrons. The number of nitrogens with zero attached hydrogens (tertiary/aromatic N) is 4. The number of likely N-dealkylation sites (tertiary alicyclic amines) is 1. The topological polar surface area (TPSA) is 132 Å². The SMILES string of the molecule is CC(NC(=O)O)C1CCN(Cc2ccc(-n3ccc(NC(=O)N4CCN[C@H](C)C4)nc3=O)cc2)CC1. The summed E-state index contributed by atoms with van der Waals surface area (Å²) in [6.07, 6.45) is 2.56. The smallest absolute Gasteiger partial charge is 0.404 e. The highest BCUT2D eigenvalue weighted by Crippen LogP contribution is 2.22. The molecular weight excluding hydrogens is 462 g/mol. The third-order valence-corrected chi connectivity index (χ3v) is 7.01. The van der Waals surface area contributed by atoms with E-state index in [0.29, 0.717) is 24.7 Å². The van der Waals surface area contributed by atoms with Crippen molar-refractivity contribution < 1.29 is 14.7 Å². The molecule has 11 nitrogen and oxygen atoms in total. The number of amides is 3. The number of carbonyl (C=O) groups is 2. The fourth-order valence-electron chi connectivity index (χ4n) is 4.92. The van der Waals surface area contributed by atoms with Crippen molar-refractivity contribution in [3.8, 4) is 5.69 Å². The molecule has 0 aliphatic carbocycles. The number of anilines is 1. The predicted octanol–water partition coefficient (Wildman–Crippen LogP) is 1.93. The number of urea groups is 1. The summed E-state index contributed by atoms with van der Waals surface area (Å²) in [6, 6.07) is 9.35. The number of piperidine rings is 1. The zero-order valence-electron chi connectivity index (χ0n) is 20.8. The van der Waals surface area contributed by atoms with Crippen molar-refractivity contribution in [2.24, 2.45) is 5.92 Å². The lowest BCUT2D eigenvalue weighted by Crippen LogP contribution is -2.52. The van der Waals surface area contributed by atoms with E-state index in [4.69, 9.17) is 5.11 Å². The molecule has 11 heteroatoms. The van der Waals surface area contributed by atoms with E-state index in [0.717, 1.165) is 44.6 Å². The van der Waals surface area contributed by atoms with Gasteiger partial charge in [-0.25, -0.2) is 14.4 Å².